The number of anilines is 1. The number of aryl methyl sites for hydroxylation is 2. The number of methoxy groups -OCH3 is 1. The molecule has 2 aromatic rings. The van der Waals surface area contributed by atoms with E-state index in [1.165, 1.54) is 7.11 Å². The van der Waals surface area contributed by atoms with E-state index < -0.39 is 6.04 Å². The highest BCUT2D eigenvalue weighted by Crippen LogP contribution is 2.25. The molecule has 0 radical (unpaired) electrons. The largest absolute Gasteiger partial charge is 0.496 e. The molecular formula is C20H22N2O3. The zero-order valence-corrected chi connectivity index (χ0v) is 14.7. The van der Waals surface area contributed by atoms with Crippen molar-refractivity contribution in [3.8, 4) is 5.75 Å². The summed E-state index contributed by atoms with van der Waals surface area (Å²) in [5.41, 5.74) is 3.55. The first-order valence-corrected chi connectivity index (χ1v) is 8.33. The van der Waals surface area contributed by atoms with Gasteiger partial charge in [-0.1, -0.05) is 18.2 Å². The van der Waals surface area contributed by atoms with Gasteiger partial charge in [-0.05, 0) is 55.7 Å². The van der Waals surface area contributed by atoms with Crippen molar-refractivity contribution < 1.29 is 14.3 Å². The van der Waals surface area contributed by atoms with Crippen molar-refractivity contribution in [2.75, 3.05) is 18.6 Å². The Kier molecular flexibility index (Phi) is 4.74. The molecule has 1 aliphatic rings. The van der Waals surface area contributed by atoms with Crippen LogP contribution in [0.2, 0.25) is 0 Å². The molecule has 2 amide bonds. The maximum atomic E-state index is 12.7. The number of hydrogen-bond donors (Lipinski definition) is 1. The number of carbonyl (C=O) groups excluding carboxylic acids is 2. The van der Waals surface area contributed by atoms with Crippen LogP contribution in [0.15, 0.2) is 42.5 Å². The van der Waals surface area contributed by atoms with Crippen LogP contribution in [0.5, 0.6) is 5.75 Å². The lowest BCUT2D eigenvalue weighted by Crippen LogP contribution is -2.41. The van der Waals surface area contributed by atoms with Crippen LogP contribution < -0.4 is 15.0 Å². The van der Waals surface area contributed by atoms with E-state index in [-0.39, 0.29) is 11.8 Å². The molecule has 0 aromatic heterocycles. The van der Waals surface area contributed by atoms with E-state index >= 15 is 0 Å². The molecule has 1 saturated heterocycles. The van der Waals surface area contributed by atoms with Crippen LogP contribution in [0.1, 0.15) is 27.9 Å². The molecule has 1 fully saturated rings. The first-order valence-electron chi connectivity index (χ1n) is 8.33. The van der Waals surface area contributed by atoms with Gasteiger partial charge in [0.2, 0.25) is 5.91 Å². The topological polar surface area (TPSA) is 58.6 Å². The van der Waals surface area contributed by atoms with Gasteiger partial charge in [-0.2, -0.15) is 0 Å². The summed E-state index contributed by atoms with van der Waals surface area (Å²) in [6.45, 7) is 4.62. The fourth-order valence-corrected chi connectivity index (χ4v) is 3.24. The van der Waals surface area contributed by atoms with E-state index in [1.54, 1.807) is 29.2 Å². The summed E-state index contributed by atoms with van der Waals surface area (Å²) >= 11 is 0. The van der Waals surface area contributed by atoms with Crippen molar-refractivity contribution in [1.82, 2.24) is 5.32 Å². The van der Waals surface area contributed by atoms with E-state index in [4.69, 9.17) is 4.74 Å². The standard InChI is InChI=1S/C20H22N2O3/c1-13-10-14(2)12-15(11-13)22-9-8-17(20(22)24)21-19(23)16-6-4-5-7-18(16)25-3/h4-7,10-12,17H,8-9H2,1-3H3,(H,21,23)/t17-/m0/s1. The Balaban J connectivity index is 1.75. The minimum Gasteiger partial charge on any atom is -0.496 e. The molecule has 0 unspecified atom stereocenters. The second-order valence-electron chi connectivity index (χ2n) is 6.35. The van der Waals surface area contributed by atoms with Gasteiger partial charge in [-0.15, -0.1) is 0 Å². The van der Waals surface area contributed by atoms with Crippen molar-refractivity contribution in [2.24, 2.45) is 0 Å². The molecule has 1 aliphatic heterocycles. The number of benzene rings is 2. The quantitative estimate of drug-likeness (QED) is 0.932. The third kappa shape index (κ3) is 3.50. The Bertz CT molecular complexity index is 796. The molecule has 130 valence electrons. The fraction of sp³-hybridized carbons (Fsp3) is 0.300. The van der Waals surface area contributed by atoms with Crippen LogP contribution >= 0.6 is 0 Å². The molecule has 1 atom stereocenters. The molecule has 0 aliphatic carbocycles. The zero-order valence-electron chi connectivity index (χ0n) is 14.7. The third-order valence-electron chi connectivity index (χ3n) is 4.38. The highest BCUT2D eigenvalue weighted by molar-refractivity contribution is 6.04. The summed E-state index contributed by atoms with van der Waals surface area (Å²) in [6, 6.07) is 12.5. The maximum absolute atomic E-state index is 12.7. The molecular weight excluding hydrogens is 316 g/mol. The lowest BCUT2D eigenvalue weighted by atomic mass is 10.1. The molecule has 5 heteroatoms. The van der Waals surface area contributed by atoms with Gasteiger partial charge in [0, 0.05) is 12.2 Å². The molecule has 3 rings (SSSR count). The van der Waals surface area contributed by atoms with Crippen molar-refractivity contribution >= 4 is 17.5 Å². The van der Waals surface area contributed by atoms with Gasteiger partial charge in [-0.25, -0.2) is 0 Å². The summed E-state index contributed by atoms with van der Waals surface area (Å²) in [4.78, 5) is 27.0. The second kappa shape index (κ2) is 6.97. The molecule has 5 nitrogen and oxygen atoms in total. The lowest BCUT2D eigenvalue weighted by molar-refractivity contribution is -0.118. The fourth-order valence-electron chi connectivity index (χ4n) is 3.24. The number of nitrogens with one attached hydrogen (secondary N) is 1. The molecule has 25 heavy (non-hydrogen) atoms. The average Bonchev–Trinajstić information content (AvgIpc) is 2.94. The zero-order chi connectivity index (χ0) is 18.0. The Morgan fingerprint density at radius 3 is 2.52 bits per heavy atom. The molecule has 1 N–H and O–H groups in total. The molecule has 0 bridgehead atoms. The summed E-state index contributed by atoms with van der Waals surface area (Å²) < 4.78 is 5.22. The van der Waals surface area contributed by atoms with Crippen LogP contribution in [0.3, 0.4) is 0 Å². The number of para-hydroxylation sites is 1. The lowest BCUT2D eigenvalue weighted by Gasteiger charge is -2.19. The van der Waals surface area contributed by atoms with Crippen LogP contribution in [0.4, 0.5) is 5.69 Å². The van der Waals surface area contributed by atoms with Crippen molar-refractivity contribution in [3.05, 3.63) is 59.2 Å². The minimum absolute atomic E-state index is 0.0757. The van der Waals surface area contributed by atoms with Crippen molar-refractivity contribution in [3.63, 3.8) is 0 Å². The normalized spacial score (nSPS) is 16.8. The Hall–Kier alpha value is -2.82. The van der Waals surface area contributed by atoms with Gasteiger partial charge in [0.1, 0.15) is 11.8 Å². The third-order valence-corrected chi connectivity index (χ3v) is 4.38. The summed E-state index contributed by atoms with van der Waals surface area (Å²) in [5.74, 6) is 0.128. The van der Waals surface area contributed by atoms with Gasteiger partial charge in [0.05, 0.1) is 12.7 Å². The first-order chi connectivity index (χ1) is 12.0. The minimum atomic E-state index is -0.516. The average molecular weight is 338 g/mol. The second-order valence-corrected chi connectivity index (χ2v) is 6.35. The Morgan fingerprint density at radius 1 is 1.16 bits per heavy atom. The predicted octanol–water partition coefficient (Wildman–Crippen LogP) is 2.85. The van der Waals surface area contributed by atoms with E-state index in [1.807, 2.05) is 26.0 Å². The van der Waals surface area contributed by atoms with Crippen LogP contribution in [-0.2, 0) is 4.79 Å². The summed E-state index contributed by atoms with van der Waals surface area (Å²) in [6.07, 6.45) is 0.590. The van der Waals surface area contributed by atoms with Gasteiger partial charge in [-0.3, -0.25) is 9.59 Å². The highest BCUT2D eigenvalue weighted by atomic mass is 16.5. The van der Waals surface area contributed by atoms with Crippen LogP contribution in [0, 0.1) is 13.8 Å². The molecule has 0 spiro atoms. The summed E-state index contributed by atoms with van der Waals surface area (Å²) in [7, 11) is 1.52. The Morgan fingerprint density at radius 2 is 1.84 bits per heavy atom. The number of rotatable bonds is 4. The van der Waals surface area contributed by atoms with E-state index in [0.717, 1.165) is 16.8 Å². The summed E-state index contributed by atoms with van der Waals surface area (Å²) in [5, 5.41) is 2.84. The number of carbonyl (C=O) groups is 2. The van der Waals surface area contributed by atoms with Gasteiger partial charge < -0.3 is 15.0 Å². The maximum Gasteiger partial charge on any atom is 0.255 e. The predicted molar refractivity (Wildman–Crippen MR) is 97.1 cm³/mol. The van der Waals surface area contributed by atoms with Crippen LogP contribution in [0.25, 0.3) is 0 Å². The van der Waals surface area contributed by atoms with E-state index in [9.17, 15) is 9.59 Å². The van der Waals surface area contributed by atoms with Crippen molar-refractivity contribution in [1.29, 1.82) is 0 Å². The van der Waals surface area contributed by atoms with Gasteiger partial charge >= 0.3 is 0 Å². The van der Waals surface area contributed by atoms with E-state index in [0.29, 0.717) is 24.3 Å². The number of ether oxygens (including phenoxy) is 1. The SMILES string of the molecule is COc1ccccc1C(=O)N[C@H]1CCN(c2cc(C)cc(C)c2)C1=O. The molecule has 1 heterocycles. The number of nitrogens with zero attached hydrogens (tertiary/aromatic N) is 1. The molecule has 2 aromatic carbocycles. The van der Waals surface area contributed by atoms with Gasteiger partial charge in [0.25, 0.3) is 5.91 Å². The van der Waals surface area contributed by atoms with Crippen molar-refractivity contribution in [2.45, 2.75) is 26.3 Å². The first kappa shape index (κ1) is 17.0. The van der Waals surface area contributed by atoms with Crippen LogP contribution in [-0.4, -0.2) is 31.5 Å². The molecule has 0 saturated carbocycles. The monoisotopic (exact) mass is 338 g/mol. The number of amides is 2. The van der Waals surface area contributed by atoms with Gasteiger partial charge in [0.15, 0.2) is 0 Å². The number of hydrogen-bond acceptors (Lipinski definition) is 3. The smallest absolute Gasteiger partial charge is 0.255 e. The highest BCUT2D eigenvalue weighted by Gasteiger charge is 2.34. The van der Waals surface area contributed by atoms with E-state index in [2.05, 4.69) is 11.4 Å². The Labute approximate surface area is 147 Å².